The third-order valence-corrected chi connectivity index (χ3v) is 3.96. The second kappa shape index (κ2) is 9.16. The highest BCUT2D eigenvalue weighted by atomic mass is 35.5. The van der Waals surface area contributed by atoms with Crippen molar-refractivity contribution in [1.82, 2.24) is 15.0 Å². The third-order valence-electron chi connectivity index (χ3n) is 3.73. The maximum atomic E-state index is 8.98. The molecule has 2 aromatic heterocycles. The number of anilines is 3. The van der Waals surface area contributed by atoms with Crippen LogP contribution in [0.3, 0.4) is 0 Å². The summed E-state index contributed by atoms with van der Waals surface area (Å²) in [7, 11) is 1.59. The van der Waals surface area contributed by atoms with Crippen molar-refractivity contribution in [3.05, 3.63) is 53.8 Å². The van der Waals surface area contributed by atoms with Gasteiger partial charge in [0.05, 0.1) is 18.5 Å². The van der Waals surface area contributed by atoms with Crippen LogP contribution in [-0.2, 0) is 0 Å². The van der Waals surface area contributed by atoms with Gasteiger partial charge in [-0.2, -0.15) is 4.98 Å². The summed E-state index contributed by atoms with van der Waals surface area (Å²) in [6.45, 7) is 0.660. The van der Waals surface area contributed by atoms with E-state index < -0.39 is 0 Å². The van der Waals surface area contributed by atoms with Crippen molar-refractivity contribution >= 4 is 29.1 Å². The number of nitrogens with zero attached hydrogens (tertiary/aromatic N) is 3. The lowest BCUT2D eigenvalue weighted by Crippen LogP contribution is -2.09. The molecule has 0 saturated carbocycles. The molecule has 0 aliphatic carbocycles. The molecule has 0 unspecified atom stereocenters. The van der Waals surface area contributed by atoms with Crippen LogP contribution in [0.15, 0.2) is 48.8 Å². The molecule has 3 N–H and O–H groups in total. The molecular weight excluding hydrogens is 366 g/mol. The number of ether oxygens (including phenoxy) is 1. The molecule has 0 amide bonds. The highest BCUT2D eigenvalue weighted by molar-refractivity contribution is 6.31. The van der Waals surface area contributed by atoms with Crippen LogP contribution in [0.4, 0.5) is 17.5 Å². The first-order chi connectivity index (χ1) is 13.2. The van der Waals surface area contributed by atoms with Gasteiger partial charge in [-0.1, -0.05) is 11.6 Å². The second-order valence-corrected chi connectivity index (χ2v) is 6.11. The fourth-order valence-corrected chi connectivity index (χ4v) is 2.62. The molecule has 8 heteroatoms. The van der Waals surface area contributed by atoms with Gasteiger partial charge in [-0.05, 0) is 36.8 Å². The Morgan fingerprint density at radius 2 is 2.07 bits per heavy atom. The predicted molar refractivity (Wildman–Crippen MR) is 107 cm³/mol. The van der Waals surface area contributed by atoms with Gasteiger partial charge in [-0.15, -0.1) is 0 Å². The Labute approximate surface area is 162 Å². The van der Waals surface area contributed by atoms with Crippen molar-refractivity contribution < 1.29 is 9.84 Å². The van der Waals surface area contributed by atoms with Crippen LogP contribution in [-0.4, -0.2) is 40.3 Å². The molecule has 27 heavy (non-hydrogen) atoms. The van der Waals surface area contributed by atoms with Crippen molar-refractivity contribution in [1.29, 1.82) is 0 Å². The number of aliphatic hydroxyl groups is 1. The summed E-state index contributed by atoms with van der Waals surface area (Å²) >= 11 is 6.11. The quantitative estimate of drug-likeness (QED) is 0.508. The number of rotatable bonds is 8. The minimum absolute atomic E-state index is 0.0973. The Hall–Kier alpha value is -2.90. The van der Waals surface area contributed by atoms with Crippen molar-refractivity contribution in [3.8, 4) is 17.0 Å². The molecule has 7 nitrogen and oxygen atoms in total. The van der Waals surface area contributed by atoms with E-state index in [0.717, 1.165) is 5.56 Å². The number of hydrogen-bond acceptors (Lipinski definition) is 7. The molecule has 140 valence electrons. The number of pyridine rings is 1. The highest BCUT2D eigenvalue weighted by Gasteiger charge is 2.10. The Morgan fingerprint density at radius 3 is 2.81 bits per heavy atom. The van der Waals surface area contributed by atoms with Gasteiger partial charge in [0.2, 0.25) is 5.95 Å². The molecule has 0 atom stereocenters. The van der Waals surface area contributed by atoms with Gasteiger partial charge in [0, 0.05) is 42.2 Å². The normalized spacial score (nSPS) is 10.5. The summed E-state index contributed by atoms with van der Waals surface area (Å²) in [5.41, 5.74) is 2.28. The molecule has 0 radical (unpaired) electrons. The fraction of sp³-hybridized carbons (Fsp3) is 0.211. The van der Waals surface area contributed by atoms with E-state index in [2.05, 4.69) is 25.6 Å². The molecule has 0 aliphatic heterocycles. The van der Waals surface area contributed by atoms with Crippen LogP contribution < -0.4 is 15.4 Å². The smallest absolute Gasteiger partial charge is 0.225 e. The van der Waals surface area contributed by atoms with Crippen molar-refractivity contribution in [2.75, 3.05) is 30.9 Å². The number of benzene rings is 1. The van der Waals surface area contributed by atoms with Crippen molar-refractivity contribution in [2.24, 2.45) is 0 Å². The molecule has 0 spiro atoms. The Balaban J connectivity index is 1.96. The summed E-state index contributed by atoms with van der Waals surface area (Å²) in [5, 5.41) is 15.9. The molecule has 3 rings (SSSR count). The largest absolute Gasteiger partial charge is 0.495 e. The molecule has 1 aromatic carbocycles. The molecule has 3 aromatic rings. The zero-order valence-electron chi connectivity index (χ0n) is 14.8. The zero-order chi connectivity index (χ0) is 19.1. The lowest BCUT2D eigenvalue weighted by molar-refractivity contribution is 0.292. The van der Waals surface area contributed by atoms with Gasteiger partial charge in [0.1, 0.15) is 11.6 Å². The minimum atomic E-state index is 0.0973. The van der Waals surface area contributed by atoms with Crippen molar-refractivity contribution in [3.63, 3.8) is 0 Å². The van der Waals surface area contributed by atoms with Gasteiger partial charge in [0.15, 0.2) is 0 Å². The van der Waals surface area contributed by atoms with E-state index in [1.54, 1.807) is 37.7 Å². The van der Waals surface area contributed by atoms with Crippen molar-refractivity contribution in [2.45, 2.75) is 6.42 Å². The highest BCUT2D eigenvalue weighted by Crippen LogP contribution is 2.31. The predicted octanol–water partition coefficient (Wildman–Crippen LogP) is 3.74. The van der Waals surface area contributed by atoms with E-state index in [9.17, 15) is 0 Å². The average molecular weight is 386 g/mol. The topological polar surface area (TPSA) is 92.2 Å². The van der Waals surface area contributed by atoms with Crippen LogP contribution in [0.2, 0.25) is 5.02 Å². The number of hydrogen-bond donors (Lipinski definition) is 3. The van der Waals surface area contributed by atoms with Crippen LogP contribution in [0.5, 0.6) is 5.75 Å². The second-order valence-electron chi connectivity index (χ2n) is 5.68. The third kappa shape index (κ3) is 5.06. The number of aliphatic hydroxyl groups excluding tert-OH is 1. The molecule has 0 aliphatic rings. The van der Waals surface area contributed by atoms with Gasteiger partial charge in [0.25, 0.3) is 0 Å². The molecule has 2 heterocycles. The van der Waals surface area contributed by atoms with Crippen LogP contribution in [0, 0.1) is 0 Å². The SMILES string of the molecule is COc1ccc(Cl)cc1Nc1cc(-c2cccnc2)nc(NCCCO)n1. The van der Waals surface area contributed by atoms with E-state index in [-0.39, 0.29) is 6.61 Å². The average Bonchev–Trinajstić information content (AvgIpc) is 2.69. The molecule has 0 fully saturated rings. The van der Waals surface area contributed by atoms with Gasteiger partial charge in [-0.3, -0.25) is 4.98 Å². The van der Waals surface area contributed by atoms with Gasteiger partial charge >= 0.3 is 0 Å². The summed E-state index contributed by atoms with van der Waals surface area (Å²) in [4.78, 5) is 13.2. The van der Waals surface area contributed by atoms with Crippen LogP contribution in [0.1, 0.15) is 6.42 Å². The Kier molecular flexibility index (Phi) is 6.40. The molecule has 0 bridgehead atoms. The summed E-state index contributed by atoms with van der Waals surface area (Å²) in [6, 6.07) is 10.9. The monoisotopic (exact) mass is 385 g/mol. The Bertz CT molecular complexity index is 893. The summed E-state index contributed by atoms with van der Waals surface area (Å²) in [5.74, 6) is 1.68. The lowest BCUT2D eigenvalue weighted by atomic mass is 10.2. The summed E-state index contributed by atoms with van der Waals surface area (Å²) in [6.07, 6.45) is 4.05. The number of halogens is 1. The maximum Gasteiger partial charge on any atom is 0.225 e. The van der Waals surface area contributed by atoms with Crippen LogP contribution >= 0.6 is 11.6 Å². The van der Waals surface area contributed by atoms with E-state index in [1.807, 2.05) is 18.2 Å². The number of nitrogens with one attached hydrogen (secondary N) is 2. The molecular formula is C19H20ClN5O2. The van der Waals surface area contributed by atoms with Gasteiger partial charge in [-0.25, -0.2) is 4.98 Å². The van der Waals surface area contributed by atoms with E-state index in [1.165, 1.54) is 0 Å². The fourth-order valence-electron chi connectivity index (χ4n) is 2.45. The van der Waals surface area contributed by atoms with E-state index in [4.69, 9.17) is 21.4 Å². The minimum Gasteiger partial charge on any atom is -0.495 e. The standard InChI is InChI=1S/C19H20ClN5O2/c1-27-17-6-5-14(20)10-16(17)23-18-11-15(13-4-2-7-21-12-13)24-19(25-18)22-8-3-9-26/h2,4-7,10-12,26H,3,8-9H2,1H3,(H2,22,23,24,25). The summed E-state index contributed by atoms with van der Waals surface area (Å²) < 4.78 is 5.38. The first-order valence-electron chi connectivity index (χ1n) is 8.44. The molecule has 0 saturated heterocycles. The number of aromatic nitrogens is 3. The lowest BCUT2D eigenvalue weighted by Gasteiger charge is -2.13. The maximum absolute atomic E-state index is 8.98. The van der Waals surface area contributed by atoms with Crippen LogP contribution in [0.25, 0.3) is 11.3 Å². The Morgan fingerprint density at radius 1 is 1.19 bits per heavy atom. The number of methoxy groups -OCH3 is 1. The van der Waals surface area contributed by atoms with E-state index >= 15 is 0 Å². The first kappa shape index (κ1) is 18.9. The van der Waals surface area contributed by atoms with E-state index in [0.29, 0.717) is 46.9 Å². The zero-order valence-corrected chi connectivity index (χ0v) is 15.6. The van der Waals surface area contributed by atoms with Gasteiger partial charge < -0.3 is 20.5 Å². The first-order valence-corrected chi connectivity index (χ1v) is 8.82.